The molecule has 0 spiro atoms. The van der Waals surface area contributed by atoms with Crippen LogP contribution < -0.4 is 4.90 Å². The van der Waals surface area contributed by atoms with Gasteiger partial charge in [0.2, 0.25) is 0 Å². The number of imidazole rings is 1. The fourth-order valence-corrected chi connectivity index (χ4v) is 5.69. The summed E-state index contributed by atoms with van der Waals surface area (Å²) >= 11 is 6.48. The first-order valence-electron chi connectivity index (χ1n) is 12.9. The van der Waals surface area contributed by atoms with Crippen molar-refractivity contribution < 1.29 is 4.74 Å². The summed E-state index contributed by atoms with van der Waals surface area (Å²) in [7, 11) is 0. The number of morpholine rings is 1. The van der Waals surface area contributed by atoms with Gasteiger partial charge in [-0.05, 0) is 58.8 Å². The third-order valence-corrected chi connectivity index (χ3v) is 7.71. The van der Waals surface area contributed by atoms with Crippen molar-refractivity contribution >= 4 is 50.0 Å². The van der Waals surface area contributed by atoms with Crippen molar-refractivity contribution in [1.82, 2.24) is 15.0 Å². The highest BCUT2D eigenvalue weighted by Gasteiger charge is 2.19. The lowest BCUT2D eigenvalue weighted by atomic mass is 9.96. The number of benzene rings is 4. The summed E-state index contributed by atoms with van der Waals surface area (Å²) in [6, 6.07) is 25.8. The van der Waals surface area contributed by atoms with Crippen LogP contribution in [0.1, 0.15) is 11.1 Å². The highest BCUT2D eigenvalue weighted by Crippen LogP contribution is 2.39. The van der Waals surface area contributed by atoms with E-state index < -0.39 is 0 Å². The number of ether oxygens (including phenoxy) is 1. The number of halogens is 1. The quantitative estimate of drug-likeness (QED) is 0.247. The van der Waals surface area contributed by atoms with Gasteiger partial charge >= 0.3 is 0 Å². The zero-order valence-corrected chi connectivity index (χ0v) is 22.0. The average molecular weight is 541 g/mol. The molecule has 6 aromatic rings. The van der Waals surface area contributed by atoms with Gasteiger partial charge in [0.25, 0.3) is 0 Å². The molecule has 0 radical (unpaired) electrons. The molecule has 1 fully saturated rings. The number of nitriles is 2. The number of nitrogens with one attached hydrogen (secondary N) is 1. The third kappa shape index (κ3) is 3.92. The van der Waals surface area contributed by atoms with E-state index in [0.29, 0.717) is 40.8 Å². The Balaban J connectivity index is 1.42. The molecule has 2 aromatic heterocycles. The Morgan fingerprint density at radius 1 is 0.825 bits per heavy atom. The van der Waals surface area contributed by atoms with E-state index in [2.05, 4.69) is 52.4 Å². The van der Waals surface area contributed by atoms with E-state index in [9.17, 15) is 10.5 Å². The molecule has 1 aliphatic rings. The largest absolute Gasteiger partial charge is 0.378 e. The zero-order valence-electron chi connectivity index (χ0n) is 21.3. The van der Waals surface area contributed by atoms with Gasteiger partial charge in [-0.3, -0.25) is 0 Å². The molecule has 3 heterocycles. The van der Waals surface area contributed by atoms with E-state index in [1.54, 1.807) is 18.2 Å². The second-order valence-electron chi connectivity index (χ2n) is 9.72. The van der Waals surface area contributed by atoms with Crippen molar-refractivity contribution in [2.24, 2.45) is 0 Å². The summed E-state index contributed by atoms with van der Waals surface area (Å²) in [6.45, 7) is 3.11. The molecule has 1 aliphatic heterocycles. The number of aromatic nitrogens is 3. The summed E-state index contributed by atoms with van der Waals surface area (Å²) < 4.78 is 5.46. The standard InChI is InChI=1S/C32H21ClN6O/c33-23-6-8-25-27(15-23)26-14-19(22-5-9-28(36-18-22)39-10-12-40-13-11-39)4-7-24(26)30-31(25)38-32(37-30)29-20(16-34)2-1-3-21(29)17-35/h1-9,14-15,18H,10-13H2,(H,37,38). The Morgan fingerprint density at radius 3 is 2.27 bits per heavy atom. The number of nitrogens with zero attached hydrogens (tertiary/aromatic N) is 5. The molecule has 7 rings (SSSR count). The molecule has 7 nitrogen and oxygen atoms in total. The van der Waals surface area contributed by atoms with Crippen molar-refractivity contribution in [2.45, 2.75) is 0 Å². The van der Waals surface area contributed by atoms with E-state index in [1.807, 2.05) is 24.4 Å². The summed E-state index contributed by atoms with van der Waals surface area (Å²) in [5, 5.41) is 24.0. The number of pyridine rings is 1. The normalized spacial score (nSPS) is 13.5. The van der Waals surface area contributed by atoms with E-state index in [1.165, 1.54) is 0 Å². The van der Waals surface area contributed by atoms with Crippen LogP contribution >= 0.6 is 11.6 Å². The lowest BCUT2D eigenvalue weighted by Crippen LogP contribution is -2.36. The van der Waals surface area contributed by atoms with Crippen molar-refractivity contribution in [2.75, 3.05) is 31.2 Å². The first kappa shape index (κ1) is 24.1. The third-order valence-electron chi connectivity index (χ3n) is 7.48. The molecule has 0 aliphatic carbocycles. The van der Waals surface area contributed by atoms with Gasteiger partial charge in [-0.25, -0.2) is 9.97 Å². The maximum atomic E-state index is 9.75. The minimum atomic E-state index is 0.394. The summed E-state index contributed by atoms with van der Waals surface area (Å²) in [6.07, 6.45) is 1.91. The van der Waals surface area contributed by atoms with Gasteiger partial charge in [0.15, 0.2) is 0 Å². The van der Waals surface area contributed by atoms with Gasteiger partial charge in [0.05, 0.1) is 53.1 Å². The molecule has 4 aromatic carbocycles. The van der Waals surface area contributed by atoms with Crippen molar-refractivity contribution in [3.05, 3.63) is 89.1 Å². The van der Waals surface area contributed by atoms with E-state index >= 15 is 0 Å². The first-order chi connectivity index (χ1) is 19.6. The van der Waals surface area contributed by atoms with Crippen molar-refractivity contribution in [1.29, 1.82) is 10.5 Å². The molecule has 0 bridgehead atoms. The Bertz CT molecular complexity index is 2000. The second kappa shape index (κ2) is 9.66. The van der Waals surface area contributed by atoms with Gasteiger partial charge in [0.1, 0.15) is 11.6 Å². The Morgan fingerprint density at radius 2 is 1.55 bits per heavy atom. The Labute approximate surface area is 234 Å². The highest BCUT2D eigenvalue weighted by molar-refractivity contribution is 6.33. The molecule has 8 heteroatoms. The highest BCUT2D eigenvalue weighted by atomic mass is 35.5. The van der Waals surface area contributed by atoms with Crippen LogP contribution in [0.5, 0.6) is 0 Å². The molecule has 0 saturated carbocycles. The molecule has 1 saturated heterocycles. The lowest BCUT2D eigenvalue weighted by molar-refractivity contribution is 0.122. The first-order valence-corrected chi connectivity index (χ1v) is 13.3. The van der Waals surface area contributed by atoms with Crippen LogP contribution in [0, 0.1) is 22.7 Å². The van der Waals surface area contributed by atoms with E-state index in [-0.39, 0.29) is 0 Å². The number of aromatic amines is 1. The molecule has 40 heavy (non-hydrogen) atoms. The molecular weight excluding hydrogens is 520 g/mol. The van der Waals surface area contributed by atoms with E-state index in [4.69, 9.17) is 26.3 Å². The number of hydrogen-bond acceptors (Lipinski definition) is 6. The zero-order chi connectivity index (χ0) is 27.2. The van der Waals surface area contributed by atoms with Crippen LogP contribution in [0.15, 0.2) is 72.9 Å². The predicted molar refractivity (Wildman–Crippen MR) is 157 cm³/mol. The maximum Gasteiger partial charge on any atom is 0.141 e. The number of hydrogen-bond donors (Lipinski definition) is 1. The smallest absolute Gasteiger partial charge is 0.141 e. The topological polar surface area (TPSA) is 102 Å². The Kier molecular flexibility index (Phi) is 5.82. The van der Waals surface area contributed by atoms with Crippen molar-refractivity contribution in [3.8, 4) is 34.7 Å². The van der Waals surface area contributed by atoms with Crippen LogP contribution in [0.25, 0.3) is 55.1 Å². The van der Waals surface area contributed by atoms with Gasteiger partial charge in [0, 0.05) is 40.6 Å². The summed E-state index contributed by atoms with van der Waals surface area (Å²) in [4.78, 5) is 15.3. The molecule has 0 amide bonds. The molecule has 1 N–H and O–H groups in total. The number of H-pyrrole nitrogens is 1. The fourth-order valence-electron chi connectivity index (χ4n) is 5.52. The molecule has 0 atom stereocenters. The van der Waals surface area contributed by atoms with Gasteiger partial charge in [-0.15, -0.1) is 0 Å². The van der Waals surface area contributed by atoms with Gasteiger partial charge in [-0.1, -0.05) is 35.9 Å². The minimum absolute atomic E-state index is 0.394. The summed E-state index contributed by atoms with van der Waals surface area (Å²) in [5.74, 6) is 1.43. The fraction of sp³-hybridized carbons (Fsp3) is 0.125. The molecule has 192 valence electrons. The van der Waals surface area contributed by atoms with Crippen LogP contribution in [-0.4, -0.2) is 41.3 Å². The number of fused-ring (bicyclic) bond motifs is 6. The molecule has 0 unspecified atom stereocenters. The van der Waals surface area contributed by atoms with Gasteiger partial charge in [-0.2, -0.15) is 10.5 Å². The SMILES string of the molecule is N#Cc1cccc(C#N)c1-c1nc2c3ccc(-c4ccc(N5CCOCC5)nc4)cc3c3cc(Cl)ccc3c2[nH]1. The number of anilines is 1. The van der Waals surface area contributed by atoms with Crippen LogP contribution in [0.4, 0.5) is 5.82 Å². The van der Waals surface area contributed by atoms with Crippen molar-refractivity contribution in [3.63, 3.8) is 0 Å². The maximum absolute atomic E-state index is 9.75. The van der Waals surface area contributed by atoms with Crippen LogP contribution in [-0.2, 0) is 4.74 Å². The summed E-state index contributed by atoms with van der Waals surface area (Å²) in [5.41, 5.74) is 4.93. The second-order valence-corrected chi connectivity index (χ2v) is 10.2. The lowest BCUT2D eigenvalue weighted by Gasteiger charge is -2.27. The number of rotatable bonds is 3. The minimum Gasteiger partial charge on any atom is -0.378 e. The monoisotopic (exact) mass is 540 g/mol. The van der Waals surface area contributed by atoms with Gasteiger partial charge < -0.3 is 14.6 Å². The Hall–Kier alpha value is -4.95. The predicted octanol–water partition coefficient (Wildman–Crippen LogP) is 6.83. The van der Waals surface area contributed by atoms with Crippen LogP contribution in [0.2, 0.25) is 5.02 Å². The average Bonchev–Trinajstić information content (AvgIpc) is 3.46. The van der Waals surface area contributed by atoms with Crippen LogP contribution in [0.3, 0.4) is 0 Å². The molecular formula is C32H21ClN6O. The van der Waals surface area contributed by atoms with E-state index in [0.717, 1.165) is 62.6 Å².